The van der Waals surface area contributed by atoms with E-state index in [1.54, 1.807) is 0 Å². The van der Waals surface area contributed by atoms with Crippen LogP contribution in [-0.2, 0) is 6.42 Å². The maximum absolute atomic E-state index is 4.48. The van der Waals surface area contributed by atoms with Crippen molar-refractivity contribution in [1.29, 1.82) is 0 Å². The average molecular weight is 207 g/mol. The summed E-state index contributed by atoms with van der Waals surface area (Å²) in [4.78, 5) is 5.85. The summed E-state index contributed by atoms with van der Waals surface area (Å²) in [6, 6.07) is 0. The zero-order valence-corrected chi connectivity index (χ0v) is 9.52. The van der Waals surface area contributed by atoms with Gasteiger partial charge in [0.2, 0.25) is 0 Å². The number of thiazole rings is 1. The highest BCUT2D eigenvalue weighted by molar-refractivity contribution is 7.11. The minimum atomic E-state index is 0.972. The molecule has 1 heterocycles. The Hall–Kier alpha value is -0.370. The van der Waals surface area contributed by atoms with Gasteiger partial charge in [-0.2, -0.15) is 0 Å². The number of aromatic nitrogens is 1. The maximum Gasteiger partial charge on any atom is 0.0930 e. The van der Waals surface area contributed by atoms with Crippen LogP contribution in [0.3, 0.4) is 0 Å². The highest BCUT2D eigenvalue weighted by atomic mass is 32.1. The van der Waals surface area contributed by atoms with E-state index in [0.717, 1.165) is 17.8 Å². The molecule has 0 aliphatic heterocycles. The van der Waals surface area contributed by atoms with E-state index in [1.807, 2.05) is 17.5 Å². The largest absolute Gasteiger partial charge is 0.249 e. The van der Waals surface area contributed by atoms with Gasteiger partial charge in [0, 0.05) is 17.5 Å². The molecule has 0 amide bonds. The second-order valence-electron chi connectivity index (χ2n) is 5.00. The fourth-order valence-electron chi connectivity index (χ4n) is 3.35. The van der Waals surface area contributed by atoms with Crippen molar-refractivity contribution in [2.75, 3.05) is 0 Å². The SMILES string of the molecule is Cc1cnc(CC2CC3CCC2C3)s1. The van der Waals surface area contributed by atoms with Crippen molar-refractivity contribution in [3.8, 4) is 0 Å². The topological polar surface area (TPSA) is 12.9 Å². The van der Waals surface area contributed by atoms with E-state index in [1.165, 1.54) is 42.0 Å². The third kappa shape index (κ3) is 1.50. The van der Waals surface area contributed by atoms with E-state index in [9.17, 15) is 0 Å². The van der Waals surface area contributed by atoms with Crippen LogP contribution in [0, 0.1) is 24.7 Å². The first-order valence-corrected chi connectivity index (χ1v) is 6.54. The quantitative estimate of drug-likeness (QED) is 0.724. The summed E-state index contributed by atoms with van der Waals surface area (Å²) in [6.07, 6.45) is 9.31. The number of rotatable bonds is 2. The smallest absolute Gasteiger partial charge is 0.0930 e. The lowest BCUT2D eigenvalue weighted by molar-refractivity contribution is 0.331. The number of aryl methyl sites for hydroxylation is 1. The lowest BCUT2D eigenvalue weighted by Crippen LogP contribution is -2.12. The van der Waals surface area contributed by atoms with Crippen LogP contribution in [0.2, 0.25) is 0 Å². The monoisotopic (exact) mass is 207 g/mol. The summed E-state index contributed by atoms with van der Waals surface area (Å²) >= 11 is 1.89. The highest BCUT2D eigenvalue weighted by Crippen LogP contribution is 2.49. The first kappa shape index (κ1) is 8.90. The van der Waals surface area contributed by atoms with E-state index in [2.05, 4.69) is 11.9 Å². The summed E-state index contributed by atoms with van der Waals surface area (Å²) in [7, 11) is 0. The fraction of sp³-hybridized carbons (Fsp3) is 0.750. The molecule has 2 heteroatoms. The molecule has 0 spiro atoms. The van der Waals surface area contributed by atoms with Crippen LogP contribution in [0.4, 0.5) is 0 Å². The lowest BCUT2D eigenvalue weighted by atomic mass is 9.87. The predicted molar refractivity (Wildman–Crippen MR) is 59.5 cm³/mol. The Morgan fingerprint density at radius 2 is 2.36 bits per heavy atom. The molecule has 3 unspecified atom stereocenters. The molecule has 1 nitrogen and oxygen atoms in total. The molecule has 2 bridgehead atoms. The first-order valence-electron chi connectivity index (χ1n) is 5.72. The van der Waals surface area contributed by atoms with Gasteiger partial charge in [0.25, 0.3) is 0 Å². The van der Waals surface area contributed by atoms with Crippen LogP contribution in [-0.4, -0.2) is 4.98 Å². The van der Waals surface area contributed by atoms with Crippen molar-refractivity contribution in [2.45, 2.75) is 39.0 Å². The van der Waals surface area contributed by atoms with Crippen molar-refractivity contribution in [3.05, 3.63) is 16.1 Å². The molecule has 3 atom stereocenters. The summed E-state index contributed by atoms with van der Waals surface area (Å²) in [5, 5.41) is 1.38. The fourth-order valence-corrected chi connectivity index (χ4v) is 4.23. The van der Waals surface area contributed by atoms with Gasteiger partial charge in [0.1, 0.15) is 0 Å². The molecule has 1 aromatic heterocycles. The standard InChI is InChI=1S/C12H17NS/c1-8-7-13-12(14-8)6-11-5-9-2-3-10(11)4-9/h7,9-11H,2-6H2,1H3. The summed E-state index contributed by atoms with van der Waals surface area (Å²) < 4.78 is 0. The van der Waals surface area contributed by atoms with Crippen molar-refractivity contribution >= 4 is 11.3 Å². The third-order valence-corrected chi connectivity index (χ3v) is 4.93. The molecule has 0 saturated heterocycles. The third-order valence-electron chi connectivity index (χ3n) is 3.99. The first-order chi connectivity index (χ1) is 6.81. The zero-order valence-electron chi connectivity index (χ0n) is 8.70. The highest BCUT2D eigenvalue weighted by Gasteiger charge is 2.39. The van der Waals surface area contributed by atoms with Crippen LogP contribution < -0.4 is 0 Å². The molecule has 3 rings (SSSR count). The number of hydrogen-bond donors (Lipinski definition) is 0. The van der Waals surface area contributed by atoms with Gasteiger partial charge < -0.3 is 0 Å². The van der Waals surface area contributed by atoms with Gasteiger partial charge in [-0.15, -0.1) is 11.3 Å². The van der Waals surface area contributed by atoms with Crippen LogP contribution in [0.5, 0.6) is 0 Å². The summed E-state index contributed by atoms with van der Waals surface area (Å²) in [5.74, 6) is 3.09. The van der Waals surface area contributed by atoms with Gasteiger partial charge in [-0.1, -0.05) is 6.42 Å². The van der Waals surface area contributed by atoms with Gasteiger partial charge in [0.15, 0.2) is 0 Å². The van der Waals surface area contributed by atoms with Crippen LogP contribution in [0.1, 0.15) is 35.6 Å². The number of nitrogens with zero attached hydrogens (tertiary/aromatic N) is 1. The molecule has 76 valence electrons. The van der Waals surface area contributed by atoms with Gasteiger partial charge >= 0.3 is 0 Å². The van der Waals surface area contributed by atoms with Crippen molar-refractivity contribution in [1.82, 2.24) is 4.98 Å². The molecule has 2 aliphatic carbocycles. The lowest BCUT2D eigenvalue weighted by Gasteiger charge is -2.20. The zero-order chi connectivity index (χ0) is 9.54. The van der Waals surface area contributed by atoms with Gasteiger partial charge in [-0.25, -0.2) is 4.98 Å². The molecule has 2 saturated carbocycles. The second-order valence-corrected chi connectivity index (χ2v) is 6.32. The molecule has 2 aliphatic rings. The Balaban J connectivity index is 1.68. The molecule has 0 aromatic carbocycles. The van der Waals surface area contributed by atoms with Crippen molar-refractivity contribution in [2.24, 2.45) is 17.8 Å². The predicted octanol–water partition coefficient (Wildman–Crippen LogP) is 3.43. The Bertz CT molecular complexity index is 331. The van der Waals surface area contributed by atoms with Crippen LogP contribution in [0.25, 0.3) is 0 Å². The van der Waals surface area contributed by atoms with Crippen LogP contribution >= 0.6 is 11.3 Å². The van der Waals surface area contributed by atoms with Gasteiger partial charge in [-0.3, -0.25) is 0 Å². The maximum atomic E-state index is 4.48. The van der Waals surface area contributed by atoms with Crippen molar-refractivity contribution < 1.29 is 0 Å². The average Bonchev–Trinajstić information content (AvgIpc) is 2.82. The minimum absolute atomic E-state index is 0.972. The molecule has 14 heavy (non-hydrogen) atoms. The van der Waals surface area contributed by atoms with Gasteiger partial charge in [0.05, 0.1) is 5.01 Å². The van der Waals surface area contributed by atoms with E-state index in [-0.39, 0.29) is 0 Å². The van der Waals surface area contributed by atoms with Crippen LogP contribution in [0.15, 0.2) is 6.20 Å². The summed E-state index contributed by atoms with van der Waals surface area (Å²) in [5.41, 5.74) is 0. The minimum Gasteiger partial charge on any atom is -0.249 e. The number of hydrogen-bond acceptors (Lipinski definition) is 2. The Morgan fingerprint density at radius 1 is 1.43 bits per heavy atom. The number of fused-ring (bicyclic) bond motifs is 2. The molecule has 0 radical (unpaired) electrons. The molecule has 2 fully saturated rings. The van der Waals surface area contributed by atoms with E-state index in [0.29, 0.717) is 0 Å². The molecular weight excluding hydrogens is 190 g/mol. The normalized spacial score (nSPS) is 35.4. The molecule has 1 aromatic rings. The van der Waals surface area contributed by atoms with E-state index < -0.39 is 0 Å². The Kier molecular flexibility index (Phi) is 2.12. The van der Waals surface area contributed by atoms with E-state index >= 15 is 0 Å². The summed E-state index contributed by atoms with van der Waals surface area (Å²) in [6.45, 7) is 2.15. The Morgan fingerprint density at radius 3 is 2.93 bits per heavy atom. The Labute approximate surface area is 89.6 Å². The molecular formula is C12H17NS. The molecule has 0 N–H and O–H groups in total. The van der Waals surface area contributed by atoms with E-state index in [4.69, 9.17) is 0 Å². The second kappa shape index (κ2) is 3.34. The van der Waals surface area contributed by atoms with Crippen molar-refractivity contribution in [3.63, 3.8) is 0 Å². The van der Waals surface area contributed by atoms with Gasteiger partial charge in [-0.05, 0) is 43.9 Å².